The Bertz CT molecular complexity index is 595. The summed E-state index contributed by atoms with van der Waals surface area (Å²) in [5.74, 6) is 1.00. The van der Waals surface area contributed by atoms with Crippen LogP contribution in [0.25, 0.3) is 0 Å². The maximum absolute atomic E-state index is 12.6. The summed E-state index contributed by atoms with van der Waals surface area (Å²) in [5, 5.41) is 3.18. The number of nitrogens with one attached hydrogen (secondary N) is 2. The van der Waals surface area contributed by atoms with E-state index in [-0.39, 0.29) is 11.9 Å². The van der Waals surface area contributed by atoms with Crippen molar-refractivity contribution < 1.29 is 13.2 Å². The minimum atomic E-state index is -3.17. The van der Waals surface area contributed by atoms with Gasteiger partial charge >= 0.3 is 0 Å². The highest BCUT2D eigenvalue weighted by atomic mass is 32.2. The van der Waals surface area contributed by atoms with Crippen molar-refractivity contribution in [3.63, 3.8) is 0 Å². The van der Waals surface area contributed by atoms with Crippen molar-refractivity contribution in [2.75, 3.05) is 65.7 Å². The minimum absolute atomic E-state index is 0.0795. The summed E-state index contributed by atoms with van der Waals surface area (Å²) in [4.78, 5) is 23.2. The lowest BCUT2D eigenvalue weighted by molar-refractivity contribution is -0.135. The molecule has 26 heavy (non-hydrogen) atoms. The second kappa shape index (κ2) is 9.52. The van der Waals surface area contributed by atoms with E-state index in [1.54, 1.807) is 7.05 Å². The van der Waals surface area contributed by atoms with E-state index in [9.17, 15) is 13.2 Å². The van der Waals surface area contributed by atoms with Crippen molar-refractivity contribution in [1.29, 1.82) is 0 Å². The van der Waals surface area contributed by atoms with Crippen molar-refractivity contribution in [3.05, 3.63) is 0 Å². The molecule has 0 aromatic heterocycles. The molecular weight excluding hydrogens is 356 g/mol. The van der Waals surface area contributed by atoms with Crippen molar-refractivity contribution in [2.45, 2.75) is 25.8 Å². The van der Waals surface area contributed by atoms with Crippen LogP contribution >= 0.6 is 0 Å². The molecule has 2 saturated heterocycles. The normalized spacial score (nSPS) is 21.1. The first kappa shape index (κ1) is 20.9. The Labute approximate surface area is 156 Å². The molecule has 0 aliphatic carbocycles. The smallest absolute Gasteiger partial charge is 0.239 e. The van der Waals surface area contributed by atoms with Gasteiger partial charge in [0.1, 0.15) is 0 Å². The highest BCUT2D eigenvalue weighted by molar-refractivity contribution is 7.88. The van der Waals surface area contributed by atoms with Gasteiger partial charge in [0, 0.05) is 59.4 Å². The molecule has 0 saturated carbocycles. The third-order valence-corrected chi connectivity index (χ3v) is 5.65. The number of nitrogens with zero attached hydrogens (tertiary/aromatic N) is 4. The van der Waals surface area contributed by atoms with Gasteiger partial charge in [-0.1, -0.05) is 0 Å². The van der Waals surface area contributed by atoms with Gasteiger partial charge < -0.3 is 15.1 Å². The van der Waals surface area contributed by atoms with Crippen LogP contribution in [0.15, 0.2) is 4.99 Å². The standard InChI is InChI=1S/C16H32N6O3S/c1-14(15(23)21-8-4-5-9-21)20-10-12-22(13-11-20)16(17-2)18-6-7-19-26(3,24)25/h14,19H,4-13H2,1-3H3,(H,17,18). The Hall–Kier alpha value is -1.39. The van der Waals surface area contributed by atoms with Crippen LogP contribution in [-0.4, -0.2) is 107 Å². The Morgan fingerprint density at radius 2 is 1.65 bits per heavy atom. The number of amides is 1. The molecule has 0 aromatic carbocycles. The zero-order valence-electron chi connectivity index (χ0n) is 16.1. The van der Waals surface area contributed by atoms with Crippen molar-refractivity contribution in [1.82, 2.24) is 24.7 Å². The van der Waals surface area contributed by atoms with Crippen LogP contribution in [0.5, 0.6) is 0 Å². The van der Waals surface area contributed by atoms with Crippen LogP contribution in [0.1, 0.15) is 19.8 Å². The first-order chi connectivity index (χ1) is 12.3. The van der Waals surface area contributed by atoms with Crippen LogP contribution in [-0.2, 0) is 14.8 Å². The number of hydrogen-bond acceptors (Lipinski definition) is 5. The Balaban J connectivity index is 1.76. The summed E-state index contributed by atoms with van der Waals surface area (Å²) < 4.78 is 24.6. The lowest BCUT2D eigenvalue weighted by Gasteiger charge is -2.39. The van der Waals surface area contributed by atoms with E-state index in [2.05, 4.69) is 24.8 Å². The number of carbonyl (C=O) groups excluding carboxylic acids is 1. The maximum Gasteiger partial charge on any atom is 0.239 e. The molecule has 10 heteroatoms. The summed E-state index contributed by atoms with van der Waals surface area (Å²) in [5.41, 5.74) is 0. The number of rotatable bonds is 6. The topological polar surface area (TPSA) is 97.3 Å². The summed E-state index contributed by atoms with van der Waals surface area (Å²) in [7, 11) is -1.45. The first-order valence-electron chi connectivity index (χ1n) is 9.25. The fraction of sp³-hybridized carbons (Fsp3) is 0.875. The van der Waals surface area contributed by atoms with Gasteiger partial charge in [-0.15, -0.1) is 0 Å². The van der Waals surface area contributed by atoms with E-state index >= 15 is 0 Å². The van der Waals surface area contributed by atoms with Crippen molar-refractivity contribution in [2.24, 2.45) is 4.99 Å². The highest BCUT2D eigenvalue weighted by Crippen LogP contribution is 2.13. The van der Waals surface area contributed by atoms with Gasteiger partial charge in [0.25, 0.3) is 0 Å². The predicted molar refractivity (Wildman–Crippen MR) is 103 cm³/mol. The number of guanidine groups is 1. The SMILES string of the molecule is CN=C(NCCNS(C)(=O)=O)N1CCN(C(C)C(=O)N2CCCC2)CC1. The van der Waals surface area contributed by atoms with Gasteiger partial charge in [-0.25, -0.2) is 13.1 Å². The minimum Gasteiger partial charge on any atom is -0.355 e. The molecule has 9 nitrogen and oxygen atoms in total. The second-order valence-electron chi connectivity index (χ2n) is 6.87. The number of sulfonamides is 1. The summed E-state index contributed by atoms with van der Waals surface area (Å²) in [6, 6.07) is -0.0795. The molecule has 1 atom stereocenters. The van der Waals surface area contributed by atoms with Crippen LogP contribution in [0.3, 0.4) is 0 Å². The molecule has 0 aromatic rings. The van der Waals surface area contributed by atoms with E-state index in [4.69, 9.17) is 0 Å². The molecule has 2 N–H and O–H groups in total. The lowest BCUT2D eigenvalue weighted by Crippen LogP contribution is -2.57. The zero-order valence-corrected chi connectivity index (χ0v) is 16.9. The molecule has 2 heterocycles. The fourth-order valence-corrected chi connectivity index (χ4v) is 3.89. The summed E-state index contributed by atoms with van der Waals surface area (Å²) in [6.45, 7) is 7.77. The van der Waals surface area contributed by atoms with E-state index < -0.39 is 10.0 Å². The average molecular weight is 389 g/mol. The van der Waals surface area contributed by atoms with E-state index in [1.807, 2.05) is 11.8 Å². The predicted octanol–water partition coefficient (Wildman–Crippen LogP) is -1.26. The average Bonchev–Trinajstić information content (AvgIpc) is 3.14. The molecule has 0 spiro atoms. The fourth-order valence-electron chi connectivity index (χ4n) is 3.42. The Kier molecular flexibility index (Phi) is 7.66. The monoisotopic (exact) mass is 388 g/mol. The molecule has 2 aliphatic heterocycles. The van der Waals surface area contributed by atoms with Gasteiger partial charge in [0.05, 0.1) is 12.3 Å². The molecule has 0 bridgehead atoms. The molecule has 2 aliphatic rings. The molecule has 2 rings (SSSR count). The molecule has 2 fully saturated rings. The highest BCUT2D eigenvalue weighted by Gasteiger charge is 2.30. The van der Waals surface area contributed by atoms with Gasteiger partial charge in [-0.2, -0.15) is 0 Å². The number of hydrogen-bond donors (Lipinski definition) is 2. The third-order valence-electron chi connectivity index (χ3n) is 4.92. The second-order valence-corrected chi connectivity index (χ2v) is 8.70. The molecular formula is C16H32N6O3S. The van der Waals surface area contributed by atoms with Gasteiger partial charge in [0.2, 0.25) is 15.9 Å². The van der Waals surface area contributed by atoms with Crippen molar-refractivity contribution >= 4 is 21.9 Å². The van der Waals surface area contributed by atoms with Gasteiger partial charge in [0.15, 0.2) is 5.96 Å². The number of aliphatic imine (C=N–C) groups is 1. The number of carbonyl (C=O) groups is 1. The molecule has 1 unspecified atom stereocenters. The molecule has 0 radical (unpaired) electrons. The van der Waals surface area contributed by atoms with E-state index in [0.29, 0.717) is 13.1 Å². The number of likely N-dealkylation sites (tertiary alicyclic amines) is 1. The molecule has 150 valence electrons. The zero-order chi connectivity index (χ0) is 19.2. The van der Waals surface area contributed by atoms with Crippen LogP contribution in [0.4, 0.5) is 0 Å². The first-order valence-corrected chi connectivity index (χ1v) is 11.1. The maximum atomic E-state index is 12.6. The van der Waals surface area contributed by atoms with Crippen molar-refractivity contribution in [3.8, 4) is 0 Å². The van der Waals surface area contributed by atoms with E-state index in [0.717, 1.165) is 64.3 Å². The van der Waals surface area contributed by atoms with Gasteiger partial charge in [-0.3, -0.25) is 14.7 Å². The number of piperazine rings is 1. The van der Waals surface area contributed by atoms with Gasteiger partial charge in [-0.05, 0) is 19.8 Å². The van der Waals surface area contributed by atoms with Crippen LogP contribution in [0, 0.1) is 0 Å². The largest absolute Gasteiger partial charge is 0.355 e. The molecule has 1 amide bonds. The lowest BCUT2D eigenvalue weighted by atomic mass is 10.2. The van der Waals surface area contributed by atoms with E-state index in [1.165, 1.54) is 0 Å². The summed E-state index contributed by atoms with van der Waals surface area (Å²) in [6.07, 6.45) is 3.37. The van der Waals surface area contributed by atoms with Crippen LogP contribution < -0.4 is 10.0 Å². The van der Waals surface area contributed by atoms with Crippen LogP contribution in [0.2, 0.25) is 0 Å². The third kappa shape index (κ3) is 6.10. The summed E-state index contributed by atoms with van der Waals surface area (Å²) >= 11 is 0. The Morgan fingerprint density at radius 1 is 1.04 bits per heavy atom. The Morgan fingerprint density at radius 3 is 2.19 bits per heavy atom. The quantitative estimate of drug-likeness (QED) is 0.335.